The molecule has 0 fully saturated rings. The summed E-state index contributed by atoms with van der Waals surface area (Å²) in [6.45, 7) is 6.18. The highest BCUT2D eigenvalue weighted by Crippen LogP contribution is 2.17. The van der Waals surface area contributed by atoms with Gasteiger partial charge in [0.1, 0.15) is 0 Å². The molecular weight excluding hydrogens is 294 g/mol. The van der Waals surface area contributed by atoms with Crippen LogP contribution in [0, 0.1) is 6.92 Å². The molecule has 0 aliphatic heterocycles. The zero-order valence-electron chi connectivity index (χ0n) is 11.0. The molecule has 1 N–H and O–H groups in total. The van der Waals surface area contributed by atoms with Crippen molar-refractivity contribution in [2.45, 2.75) is 26.7 Å². The van der Waals surface area contributed by atoms with Crippen molar-refractivity contribution in [2.24, 2.45) is 0 Å². The highest BCUT2D eigenvalue weighted by Gasteiger charge is 2.09. The SMILES string of the molecule is CCCOCCCNC(=O)c1cc(C)ccc1Br. The third kappa shape index (κ3) is 5.19. The number of ether oxygens (including phenoxy) is 1. The first kappa shape index (κ1) is 15.2. The molecule has 1 rings (SSSR count). The van der Waals surface area contributed by atoms with E-state index in [2.05, 4.69) is 28.2 Å². The molecule has 0 atom stereocenters. The smallest absolute Gasteiger partial charge is 0.252 e. The van der Waals surface area contributed by atoms with Crippen molar-refractivity contribution in [1.82, 2.24) is 5.32 Å². The van der Waals surface area contributed by atoms with Crippen LogP contribution in [-0.4, -0.2) is 25.7 Å². The number of benzene rings is 1. The largest absolute Gasteiger partial charge is 0.381 e. The van der Waals surface area contributed by atoms with E-state index in [1.807, 2.05) is 25.1 Å². The summed E-state index contributed by atoms with van der Waals surface area (Å²) in [4.78, 5) is 11.9. The van der Waals surface area contributed by atoms with Crippen molar-refractivity contribution in [3.63, 3.8) is 0 Å². The van der Waals surface area contributed by atoms with Crippen molar-refractivity contribution < 1.29 is 9.53 Å². The number of aryl methyl sites for hydroxylation is 1. The zero-order valence-corrected chi connectivity index (χ0v) is 12.5. The van der Waals surface area contributed by atoms with Gasteiger partial charge in [-0.2, -0.15) is 0 Å². The quantitative estimate of drug-likeness (QED) is 0.784. The van der Waals surface area contributed by atoms with Crippen LogP contribution >= 0.6 is 15.9 Å². The van der Waals surface area contributed by atoms with Crippen LogP contribution in [0.15, 0.2) is 22.7 Å². The first-order valence-electron chi connectivity index (χ1n) is 6.27. The third-order valence-corrected chi connectivity index (χ3v) is 3.16. The van der Waals surface area contributed by atoms with Gasteiger partial charge >= 0.3 is 0 Å². The lowest BCUT2D eigenvalue weighted by Gasteiger charge is -2.08. The van der Waals surface area contributed by atoms with Crippen LogP contribution in [-0.2, 0) is 4.74 Å². The van der Waals surface area contributed by atoms with Gasteiger partial charge in [0.25, 0.3) is 5.91 Å². The second kappa shape index (κ2) is 8.27. The number of carbonyl (C=O) groups is 1. The maximum Gasteiger partial charge on any atom is 0.252 e. The van der Waals surface area contributed by atoms with E-state index in [-0.39, 0.29) is 5.91 Å². The molecule has 100 valence electrons. The van der Waals surface area contributed by atoms with Gasteiger partial charge in [-0.1, -0.05) is 18.6 Å². The van der Waals surface area contributed by atoms with E-state index in [4.69, 9.17) is 4.74 Å². The molecule has 0 bridgehead atoms. The van der Waals surface area contributed by atoms with Crippen LogP contribution in [0.4, 0.5) is 0 Å². The van der Waals surface area contributed by atoms with E-state index >= 15 is 0 Å². The van der Waals surface area contributed by atoms with Crippen LogP contribution in [0.25, 0.3) is 0 Å². The van der Waals surface area contributed by atoms with E-state index in [9.17, 15) is 4.79 Å². The Morgan fingerprint density at radius 3 is 2.89 bits per heavy atom. The first-order valence-corrected chi connectivity index (χ1v) is 7.06. The number of hydrogen-bond acceptors (Lipinski definition) is 2. The van der Waals surface area contributed by atoms with Crippen LogP contribution in [0.3, 0.4) is 0 Å². The molecule has 0 aromatic heterocycles. The van der Waals surface area contributed by atoms with Crippen molar-refractivity contribution in [3.8, 4) is 0 Å². The number of nitrogens with one attached hydrogen (secondary N) is 1. The van der Waals surface area contributed by atoms with Gasteiger partial charge in [0.15, 0.2) is 0 Å². The number of hydrogen-bond donors (Lipinski definition) is 1. The van der Waals surface area contributed by atoms with E-state index < -0.39 is 0 Å². The van der Waals surface area contributed by atoms with E-state index in [0.29, 0.717) is 18.7 Å². The zero-order chi connectivity index (χ0) is 13.4. The highest BCUT2D eigenvalue weighted by atomic mass is 79.9. The Kier molecular flexibility index (Phi) is 6.98. The second-order valence-corrected chi connectivity index (χ2v) is 5.06. The van der Waals surface area contributed by atoms with Gasteiger partial charge in [-0.15, -0.1) is 0 Å². The van der Waals surface area contributed by atoms with Crippen LogP contribution in [0.2, 0.25) is 0 Å². The molecule has 0 saturated heterocycles. The monoisotopic (exact) mass is 313 g/mol. The fourth-order valence-corrected chi connectivity index (χ4v) is 1.96. The Morgan fingerprint density at radius 2 is 2.17 bits per heavy atom. The molecule has 0 heterocycles. The van der Waals surface area contributed by atoms with Gasteiger partial charge in [-0.25, -0.2) is 0 Å². The minimum Gasteiger partial charge on any atom is -0.381 e. The number of halogens is 1. The normalized spacial score (nSPS) is 10.4. The summed E-state index contributed by atoms with van der Waals surface area (Å²) in [7, 11) is 0. The van der Waals surface area contributed by atoms with Gasteiger partial charge < -0.3 is 10.1 Å². The molecule has 0 spiro atoms. The fraction of sp³-hybridized carbons (Fsp3) is 0.500. The molecule has 0 aliphatic rings. The Bertz CT molecular complexity index is 393. The number of rotatable bonds is 7. The lowest BCUT2D eigenvalue weighted by atomic mass is 10.1. The molecule has 0 saturated carbocycles. The van der Waals surface area contributed by atoms with Crippen molar-refractivity contribution in [1.29, 1.82) is 0 Å². The van der Waals surface area contributed by atoms with Crippen LogP contribution in [0.1, 0.15) is 35.7 Å². The topological polar surface area (TPSA) is 38.3 Å². The second-order valence-electron chi connectivity index (χ2n) is 4.21. The molecule has 18 heavy (non-hydrogen) atoms. The Labute approximate surface area is 117 Å². The Balaban J connectivity index is 2.34. The fourth-order valence-electron chi connectivity index (χ4n) is 1.53. The van der Waals surface area contributed by atoms with Gasteiger partial charge in [0, 0.05) is 24.2 Å². The predicted molar refractivity (Wildman–Crippen MR) is 76.9 cm³/mol. The minimum absolute atomic E-state index is 0.0407. The molecular formula is C14H20BrNO2. The maximum atomic E-state index is 11.9. The van der Waals surface area contributed by atoms with Crippen molar-refractivity contribution >= 4 is 21.8 Å². The standard InChI is InChI=1S/C14H20BrNO2/c1-3-8-18-9-4-7-16-14(17)12-10-11(2)5-6-13(12)15/h5-6,10H,3-4,7-9H2,1-2H3,(H,16,17). The van der Waals surface area contributed by atoms with Crippen molar-refractivity contribution in [3.05, 3.63) is 33.8 Å². The summed E-state index contributed by atoms with van der Waals surface area (Å²) in [5, 5.41) is 2.89. The van der Waals surface area contributed by atoms with Gasteiger partial charge in [0.05, 0.1) is 5.56 Å². The summed E-state index contributed by atoms with van der Waals surface area (Å²) in [5.74, 6) is -0.0407. The van der Waals surface area contributed by atoms with E-state index in [1.54, 1.807) is 0 Å². The molecule has 1 aromatic rings. The lowest BCUT2D eigenvalue weighted by molar-refractivity contribution is 0.0940. The average molecular weight is 314 g/mol. The van der Waals surface area contributed by atoms with E-state index in [1.165, 1.54) is 0 Å². The lowest BCUT2D eigenvalue weighted by Crippen LogP contribution is -2.25. The summed E-state index contributed by atoms with van der Waals surface area (Å²) >= 11 is 3.39. The molecule has 0 radical (unpaired) electrons. The Hall–Kier alpha value is -0.870. The molecule has 0 unspecified atom stereocenters. The summed E-state index contributed by atoms with van der Waals surface area (Å²) in [6, 6.07) is 5.75. The molecule has 1 amide bonds. The highest BCUT2D eigenvalue weighted by molar-refractivity contribution is 9.10. The average Bonchev–Trinajstić information content (AvgIpc) is 2.36. The molecule has 0 aliphatic carbocycles. The number of carbonyl (C=O) groups excluding carboxylic acids is 1. The summed E-state index contributed by atoms with van der Waals surface area (Å²) in [6.07, 6.45) is 1.87. The molecule has 3 nitrogen and oxygen atoms in total. The third-order valence-electron chi connectivity index (χ3n) is 2.47. The van der Waals surface area contributed by atoms with E-state index in [0.717, 1.165) is 29.5 Å². The first-order chi connectivity index (χ1) is 8.65. The van der Waals surface area contributed by atoms with Gasteiger partial charge in [-0.3, -0.25) is 4.79 Å². The van der Waals surface area contributed by atoms with Gasteiger partial charge in [-0.05, 0) is 47.8 Å². The van der Waals surface area contributed by atoms with Crippen molar-refractivity contribution in [2.75, 3.05) is 19.8 Å². The summed E-state index contributed by atoms with van der Waals surface area (Å²) in [5.41, 5.74) is 1.76. The molecule has 4 heteroatoms. The maximum absolute atomic E-state index is 11.9. The Morgan fingerprint density at radius 1 is 1.39 bits per heavy atom. The van der Waals surface area contributed by atoms with Crippen LogP contribution in [0.5, 0.6) is 0 Å². The summed E-state index contributed by atoms with van der Waals surface area (Å²) < 4.78 is 6.18. The predicted octanol–water partition coefficient (Wildman–Crippen LogP) is 3.30. The number of amides is 1. The molecule has 1 aromatic carbocycles. The minimum atomic E-state index is -0.0407. The van der Waals surface area contributed by atoms with Crippen LogP contribution < -0.4 is 5.32 Å². The van der Waals surface area contributed by atoms with Gasteiger partial charge in [0.2, 0.25) is 0 Å².